The first kappa shape index (κ1) is 12.1. The molecule has 0 radical (unpaired) electrons. The lowest BCUT2D eigenvalue weighted by molar-refractivity contribution is 0.0956. The Morgan fingerprint density at radius 1 is 1.37 bits per heavy atom. The van der Waals surface area contributed by atoms with Crippen LogP contribution in [0.5, 0.6) is 0 Å². The fraction of sp³-hybridized carbons (Fsp3) is 0.0833. The van der Waals surface area contributed by atoms with Crippen LogP contribution in [0.1, 0.15) is 14.7 Å². The number of fused-ring (bicyclic) bond motifs is 1. The minimum atomic E-state index is -0.185. The lowest BCUT2D eigenvalue weighted by atomic mass is 10.3. The topological polar surface area (TPSA) is 80.9 Å². The van der Waals surface area contributed by atoms with E-state index in [0.717, 1.165) is 9.71 Å². The Hall–Kier alpha value is -1.99. The van der Waals surface area contributed by atoms with E-state index in [9.17, 15) is 4.79 Å². The van der Waals surface area contributed by atoms with Crippen LogP contribution in [0.2, 0.25) is 0 Å². The second-order valence-electron chi connectivity index (χ2n) is 3.80. The van der Waals surface area contributed by atoms with Gasteiger partial charge in [-0.3, -0.25) is 9.78 Å². The van der Waals surface area contributed by atoms with Crippen LogP contribution in [0.25, 0.3) is 10.2 Å². The Bertz CT molecular complexity index is 720. The number of aromatic nitrogens is 2. The highest BCUT2D eigenvalue weighted by Crippen LogP contribution is 2.31. The largest absolute Gasteiger partial charge is 0.396 e. The zero-order valence-corrected chi connectivity index (χ0v) is 11.4. The van der Waals surface area contributed by atoms with E-state index in [4.69, 9.17) is 5.73 Å². The van der Waals surface area contributed by atoms with Crippen molar-refractivity contribution in [2.75, 3.05) is 5.73 Å². The molecule has 7 heteroatoms. The quantitative estimate of drug-likeness (QED) is 0.775. The molecule has 5 nitrogen and oxygen atoms in total. The summed E-state index contributed by atoms with van der Waals surface area (Å²) >= 11 is 2.86. The lowest BCUT2D eigenvalue weighted by Gasteiger charge is -2.01. The van der Waals surface area contributed by atoms with Crippen molar-refractivity contribution >= 4 is 44.5 Å². The van der Waals surface area contributed by atoms with Crippen molar-refractivity contribution in [1.82, 2.24) is 15.3 Å². The summed E-state index contributed by atoms with van der Waals surface area (Å²) < 4.78 is 0.916. The molecule has 0 fully saturated rings. The van der Waals surface area contributed by atoms with Gasteiger partial charge in [0.2, 0.25) is 0 Å². The molecule has 0 spiro atoms. The van der Waals surface area contributed by atoms with Gasteiger partial charge in [-0.15, -0.1) is 22.7 Å². The maximum absolute atomic E-state index is 12.1. The van der Waals surface area contributed by atoms with Gasteiger partial charge in [-0.2, -0.15) is 0 Å². The number of nitrogens with two attached hydrogens (primary N) is 1. The summed E-state index contributed by atoms with van der Waals surface area (Å²) in [6.45, 7) is 0.414. The highest BCUT2D eigenvalue weighted by atomic mass is 32.1. The number of thiophene rings is 1. The number of amides is 1. The Morgan fingerprint density at radius 3 is 3.00 bits per heavy atom. The van der Waals surface area contributed by atoms with Gasteiger partial charge >= 0.3 is 0 Å². The molecule has 96 valence electrons. The fourth-order valence-electron chi connectivity index (χ4n) is 1.69. The van der Waals surface area contributed by atoms with Crippen LogP contribution in [-0.2, 0) is 6.54 Å². The molecule has 0 atom stereocenters. The minimum Gasteiger partial charge on any atom is -0.396 e. The number of pyridine rings is 1. The zero-order valence-electron chi connectivity index (χ0n) is 9.79. The molecule has 0 unspecified atom stereocenters. The van der Waals surface area contributed by atoms with E-state index in [1.807, 2.05) is 17.5 Å². The minimum absolute atomic E-state index is 0.185. The Kier molecular flexibility index (Phi) is 3.14. The summed E-state index contributed by atoms with van der Waals surface area (Å²) in [5, 5.41) is 5.56. The van der Waals surface area contributed by atoms with E-state index < -0.39 is 0 Å². The number of hydrogen-bond donors (Lipinski definition) is 2. The Balaban J connectivity index is 1.83. The number of hydrogen-bond acceptors (Lipinski definition) is 6. The maximum atomic E-state index is 12.1. The molecule has 3 rings (SSSR count). The number of nitrogens with one attached hydrogen (secondary N) is 1. The third-order valence-corrected chi connectivity index (χ3v) is 4.51. The maximum Gasteiger partial charge on any atom is 0.263 e. The standard InChI is InChI=1S/C12H10N4OS2/c13-9-10-7(2-1-3-15-10)19-11(9)12(17)16-6-8-14-4-5-18-8/h1-5H,6,13H2,(H,16,17). The molecule has 3 heterocycles. The second-order valence-corrected chi connectivity index (χ2v) is 5.83. The predicted octanol–water partition coefficient (Wildman–Crippen LogP) is 2.26. The Morgan fingerprint density at radius 2 is 2.26 bits per heavy atom. The number of carbonyl (C=O) groups is 1. The van der Waals surface area contributed by atoms with Crippen molar-refractivity contribution in [2.45, 2.75) is 6.54 Å². The van der Waals surface area contributed by atoms with Crippen LogP contribution in [-0.4, -0.2) is 15.9 Å². The number of nitrogens with zero attached hydrogens (tertiary/aromatic N) is 2. The first-order valence-electron chi connectivity index (χ1n) is 5.55. The molecule has 0 aliphatic carbocycles. The summed E-state index contributed by atoms with van der Waals surface area (Å²) in [7, 11) is 0. The number of anilines is 1. The summed E-state index contributed by atoms with van der Waals surface area (Å²) in [6.07, 6.45) is 3.38. The number of carbonyl (C=O) groups excluding carboxylic acids is 1. The van der Waals surface area contributed by atoms with Crippen LogP contribution in [0, 0.1) is 0 Å². The molecule has 0 saturated heterocycles. The summed E-state index contributed by atoms with van der Waals surface area (Å²) in [5.74, 6) is -0.185. The van der Waals surface area contributed by atoms with E-state index in [1.54, 1.807) is 12.4 Å². The van der Waals surface area contributed by atoms with Gasteiger partial charge in [0.25, 0.3) is 5.91 Å². The SMILES string of the molecule is Nc1c(C(=O)NCc2nccs2)sc2cccnc12. The summed E-state index contributed by atoms with van der Waals surface area (Å²) in [6, 6.07) is 3.73. The van der Waals surface area contributed by atoms with Crippen LogP contribution in [0.3, 0.4) is 0 Å². The van der Waals surface area contributed by atoms with Crippen molar-refractivity contribution in [3.63, 3.8) is 0 Å². The summed E-state index contributed by atoms with van der Waals surface area (Å²) in [5.41, 5.74) is 7.09. The molecule has 0 aliphatic rings. The van der Waals surface area contributed by atoms with Gasteiger partial charge < -0.3 is 11.1 Å². The van der Waals surface area contributed by atoms with Crippen molar-refractivity contribution in [3.8, 4) is 0 Å². The number of nitrogen functional groups attached to an aromatic ring is 1. The molecule has 0 bridgehead atoms. The monoisotopic (exact) mass is 290 g/mol. The van der Waals surface area contributed by atoms with E-state index in [2.05, 4.69) is 15.3 Å². The first-order chi connectivity index (χ1) is 9.25. The molecular weight excluding hydrogens is 280 g/mol. The molecular formula is C12H10N4OS2. The predicted molar refractivity (Wildman–Crippen MR) is 77.3 cm³/mol. The molecule has 1 amide bonds. The number of rotatable bonds is 3. The average Bonchev–Trinajstić information content (AvgIpc) is 3.05. The van der Waals surface area contributed by atoms with Crippen molar-refractivity contribution < 1.29 is 4.79 Å². The van der Waals surface area contributed by atoms with Gasteiger partial charge in [-0.05, 0) is 12.1 Å². The van der Waals surface area contributed by atoms with Gasteiger partial charge in [-0.25, -0.2) is 4.98 Å². The van der Waals surface area contributed by atoms with E-state index >= 15 is 0 Å². The van der Waals surface area contributed by atoms with E-state index in [-0.39, 0.29) is 5.91 Å². The Labute approximate surface area is 117 Å². The summed E-state index contributed by atoms with van der Waals surface area (Å²) in [4.78, 5) is 20.9. The highest BCUT2D eigenvalue weighted by molar-refractivity contribution is 7.21. The third-order valence-electron chi connectivity index (χ3n) is 2.57. The highest BCUT2D eigenvalue weighted by Gasteiger charge is 2.16. The molecule has 19 heavy (non-hydrogen) atoms. The van der Waals surface area contributed by atoms with Crippen molar-refractivity contribution in [3.05, 3.63) is 39.8 Å². The molecule has 0 aromatic carbocycles. The van der Waals surface area contributed by atoms with Crippen LogP contribution >= 0.6 is 22.7 Å². The zero-order chi connectivity index (χ0) is 13.2. The molecule has 3 N–H and O–H groups in total. The van der Waals surface area contributed by atoms with Gasteiger partial charge in [0, 0.05) is 17.8 Å². The van der Waals surface area contributed by atoms with Gasteiger partial charge in [-0.1, -0.05) is 0 Å². The smallest absolute Gasteiger partial charge is 0.263 e. The normalized spacial score (nSPS) is 10.7. The van der Waals surface area contributed by atoms with Gasteiger partial charge in [0.05, 0.1) is 16.9 Å². The third kappa shape index (κ3) is 2.29. The molecule has 0 saturated carbocycles. The van der Waals surface area contributed by atoms with Gasteiger partial charge in [0.1, 0.15) is 15.4 Å². The van der Waals surface area contributed by atoms with Crippen LogP contribution in [0.4, 0.5) is 5.69 Å². The van der Waals surface area contributed by atoms with Crippen molar-refractivity contribution in [1.29, 1.82) is 0 Å². The van der Waals surface area contributed by atoms with Crippen LogP contribution in [0.15, 0.2) is 29.9 Å². The average molecular weight is 290 g/mol. The second kappa shape index (κ2) is 4.94. The molecule has 3 aromatic rings. The molecule has 0 aliphatic heterocycles. The van der Waals surface area contributed by atoms with Crippen LogP contribution < -0.4 is 11.1 Å². The van der Waals surface area contributed by atoms with E-state index in [0.29, 0.717) is 22.6 Å². The number of thiazole rings is 1. The first-order valence-corrected chi connectivity index (χ1v) is 7.25. The van der Waals surface area contributed by atoms with Gasteiger partial charge in [0.15, 0.2) is 0 Å². The fourth-order valence-corrected chi connectivity index (χ4v) is 3.25. The molecule has 3 aromatic heterocycles. The van der Waals surface area contributed by atoms with E-state index in [1.165, 1.54) is 22.7 Å². The van der Waals surface area contributed by atoms with Crippen molar-refractivity contribution in [2.24, 2.45) is 0 Å². The lowest BCUT2D eigenvalue weighted by Crippen LogP contribution is -2.22.